The fourth-order valence-corrected chi connectivity index (χ4v) is 4.32. The lowest BCUT2D eigenvalue weighted by Crippen LogP contribution is -2.46. The number of H-pyrrole nitrogens is 1. The summed E-state index contributed by atoms with van der Waals surface area (Å²) < 4.78 is 27.8. The molecule has 7 heteroatoms. The van der Waals surface area contributed by atoms with Crippen LogP contribution in [0, 0.1) is 23.0 Å². The highest BCUT2D eigenvalue weighted by atomic mass is 19.1. The summed E-state index contributed by atoms with van der Waals surface area (Å²) in [6.45, 7) is 4.04. The van der Waals surface area contributed by atoms with Crippen LogP contribution in [-0.4, -0.2) is 41.0 Å². The highest BCUT2D eigenvalue weighted by Gasteiger charge is 2.21. The number of nitrogens with one attached hydrogen (secondary N) is 1. The number of halogens is 2. The molecule has 0 unspecified atom stereocenters. The van der Waals surface area contributed by atoms with Gasteiger partial charge in [-0.15, -0.1) is 0 Å². The first-order valence-corrected chi connectivity index (χ1v) is 11.2. The maximum Gasteiger partial charge on any atom is 0.123 e. The summed E-state index contributed by atoms with van der Waals surface area (Å²) in [5, 5.41) is 8.99. The Kier molecular flexibility index (Phi) is 6.07. The summed E-state index contributed by atoms with van der Waals surface area (Å²) in [5.41, 5.74) is 4.37. The van der Waals surface area contributed by atoms with Crippen LogP contribution in [-0.2, 0) is 6.54 Å². The molecule has 0 saturated carbocycles. The molecule has 0 amide bonds. The van der Waals surface area contributed by atoms with Gasteiger partial charge in [-0.3, -0.25) is 4.90 Å². The van der Waals surface area contributed by atoms with Gasteiger partial charge in [0.25, 0.3) is 0 Å². The second kappa shape index (κ2) is 9.46. The van der Waals surface area contributed by atoms with Crippen molar-refractivity contribution in [2.75, 3.05) is 31.1 Å². The Morgan fingerprint density at radius 1 is 0.853 bits per heavy atom. The first-order valence-electron chi connectivity index (χ1n) is 11.2. The number of aromatic amines is 1. The Labute approximate surface area is 196 Å². The van der Waals surface area contributed by atoms with E-state index in [1.54, 1.807) is 12.1 Å². The van der Waals surface area contributed by atoms with E-state index in [0.29, 0.717) is 34.6 Å². The molecule has 3 aromatic carbocycles. The summed E-state index contributed by atoms with van der Waals surface area (Å²) in [6, 6.07) is 22.4. The second-order valence-corrected chi connectivity index (χ2v) is 8.35. The molecule has 0 radical (unpaired) electrons. The zero-order chi connectivity index (χ0) is 23.5. The highest BCUT2D eigenvalue weighted by Crippen LogP contribution is 2.31. The average molecular weight is 456 g/mol. The quantitative estimate of drug-likeness (QED) is 0.449. The first-order chi connectivity index (χ1) is 16.6. The number of nitrogens with zero attached hydrogens (tertiary/aromatic N) is 4. The van der Waals surface area contributed by atoms with E-state index >= 15 is 0 Å². The van der Waals surface area contributed by atoms with Crippen LogP contribution in [0.25, 0.3) is 22.5 Å². The van der Waals surface area contributed by atoms with E-state index in [1.807, 2.05) is 36.4 Å². The zero-order valence-electron chi connectivity index (χ0n) is 18.5. The van der Waals surface area contributed by atoms with E-state index in [-0.39, 0.29) is 11.6 Å². The fourth-order valence-electron chi connectivity index (χ4n) is 4.32. The van der Waals surface area contributed by atoms with Crippen LogP contribution in [0.3, 0.4) is 0 Å². The van der Waals surface area contributed by atoms with Gasteiger partial charge in [-0.05, 0) is 48.5 Å². The van der Waals surface area contributed by atoms with Crippen molar-refractivity contribution < 1.29 is 8.78 Å². The van der Waals surface area contributed by atoms with Crippen LogP contribution in [0.15, 0.2) is 72.8 Å². The van der Waals surface area contributed by atoms with E-state index in [9.17, 15) is 8.78 Å². The van der Waals surface area contributed by atoms with Crippen molar-refractivity contribution in [3.05, 3.63) is 95.8 Å². The van der Waals surface area contributed by atoms with Crippen LogP contribution in [0.1, 0.15) is 11.4 Å². The summed E-state index contributed by atoms with van der Waals surface area (Å²) in [7, 11) is 0. The minimum atomic E-state index is -0.342. The largest absolute Gasteiger partial charge is 0.369 e. The zero-order valence-corrected chi connectivity index (χ0v) is 18.5. The van der Waals surface area contributed by atoms with Crippen LogP contribution < -0.4 is 4.90 Å². The van der Waals surface area contributed by atoms with Crippen molar-refractivity contribution in [1.29, 1.82) is 5.26 Å². The lowest BCUT2D eigenvalue weighted by Gasteiger charge is -2.35. The van der Waals surface area contributed by atoms with Crippen molar-refractivity contribution in [2.24, 2.45) is 0 Å². The van der Waals surface area contributed by atoms with Crippen LogP contribution in [0.4, 0.5) is 14.5 Å². The van der Waals surface area contributed by atoms with Crippen molar-refractivity contribution in [2.45, 2.75) is 6.54 Å². The number of benzene rings is 3. The van der Waals surface area contributed by atoms with E-state index in [4.69, 9.17) is 10.2 Å². The maximum atomic E-state index is 13.9. The molecule has 2 heterocycles. The fraction of sp³-hybridized carbons (Fsp3) is 0.185. The molecule has 1 aliphatic heterocycles. The van der Waals surface area contributed by atoms with Crippen molar-refractivity contribution in [1.82, 2.24) is 14.9 Å². The molecule has 1 fully saturated rings. The number of hydrogen-bond acceptors (Lipinski definition) is 4. The molecule has 1 N–H and O–H groups in total. The Bertz CT molecular complexity index is 1270. The Morgan fingerprint density at radius 3 is 2.15 bits per heavy atom. The molecule has 0 spiro atoms. The molecule has 1 aromatic heterocycles. The highest BCUT2D eigenvalue weighted by molar-refractivity contribution is 5.78. The molecule has 170 valence electrons. The monoisotopic (exact) mass is 455 g/mol. The minimum absolute atomic E-state index is 0.335. The number of aromatic nitrogens is 2. The Morgan fingerprint density at radius 2 is 1.50 bits per heavy atom. The van der Waals surface area contributed by atoms with Gasteiger partial charge in [0.15, 0.2) is 0 Å². The number of nitriles is 1. The van der Waals surface area contributed by atoms with E-state index in [0.717, 1.165) is 37.7 Å². The third-order valence-electron chi connectivity index (χ3n) is 6.07. The summed E-state index contributed by atoms with van der Waals surface area (Å²) in [4.78, 5) is 12.8. The SMILES string of the molecule is N#Cc1ccc(N2CCN(Cc3nc(-c4cccc(F)c4)c(-c4cccc(F)c4)[nH]3)CC2)cc1. The molecule has 0 atom stereocenters. The number of anilines is 1. The molecule has 4 aromatic rings. The number of rotatable bonds is 5. The van der Waals surface area contributed by atoms with Crippen molar-refractivity contribution in [3.8, 4) is 28.6 Å². The molecule has 1 saturated heterocycles. The van der Waals surface area contributed by atoms with E-state index in [2.05, 4.69) is 20.9 Å². The van der Waals surface area contributed by atoms with Crippen molar-refractivity contribution in [3.63, 3.8) is 0 Å². The number of imidazole rings is 1. The van der Waals surface area contributed by atoms with Gasteiger partial charge in [-0.1, -0.05) is 24.3 Å². The Hall–Kier alpha value is -4.02. The lowest BCUT2D eigenvalue weighted by atomic mass is 10.0. The predicted molar refractivity (Wildman–Crippen MR) is 128 cm³/mol. The van der Waals surface area contributed by atoms with E-state index < -0.39 is 0 Å². The van der Waals surface area contributed by atoms with Gasteiger partial charge in [-0.25, -0.2) is 13.8 Å². The number of piperazine rings is 1. The van der Waals surface area contributed by atoms with E-state index in [1.165, 1.54) is 24.3 Å². The molecular formula is C27H23F2N5. The van der Waals surface area contributed by atoms with Gasteiger partial charge in [0.2, 0.25) is 0 Å². The molecule has 5 nitrogen and oxygen atoms in total. The molecule has 0 aliphatic carbocycles. The van der Waals surface area contributed by atoms with Crippen molar-refractivity contribution >= 4 is 5.69 Å². The maximum absolute atomic E-state index is 13.9. The lowest BCUT2D eigenvalue weighted by molar-refractivity contribution is 0.245. The van der Waals surface area contributed by atoms with Crippen LogP contribution in [0.2, 0.25) is 0 Å². The third-order valence-corrected chi connectivity index (χ3v) is 6.07. The van der Waals surface area contributed by atoms with Gasteiger partial charge >= 0.3 is 0 Å². The molecule has 0 bridgehead atoms. The topological polar surface area (TPSA) is 59.0 Å². The molecule has 34 heavy (non-hydrogen) atoms. The second-order valence-electron chi connectivity index (χ2n) is 8.35. The minimum Gasteiger partial charge on any atom is -0.369 e. The smallest absolute Gasteiger partial charge is 0.123 e. The summed E-state index contributed by atoms with van der Waals surface area (Å²) >= 11 is 0. The first kappa shape index (κ1) is 21.8. The molecule has 5 rings (SSSR count). The van der Waals surface area contributed by atoms with Gasteiger partial charge in [0.05, 0.1) is 29.6 Å². The molecule has 1 aliphatic rings. The van der Waals surface area contributed by atoms with Gasteiger partial charge < -0.3 is 9.88 Å². The standard InChI is InChI=1S/C27H23F2N5/c28-22-5-1-3-20(15-22)26-27(21-4-2-6-23(29)16-21)32-25(31-26)18-33-11-13-34(14-12-33)24-9-7-19(17-30)8-10-24/h1-10,15-16H,11-14,18H2,(H,31,32). The third kappa shape index (κ3) is 4.68. The van der Waals surface area contributed by atoms with Gasteiger partial charge in [-0.2, -0.15) is 5.26 Å². The van der Waals surface area contributed by atoms with Crippen LogP contribution >= 0.6 is 0 Å². The molecular weight excluding hydrogens is 432 g/mol. The van der Waals surface area contributed by atoms with Gasteiger partial charge in [0.1, 0.15) is 17.5 Å². The van der Waals surface area contributed by atoms with Crippen LogP contribution in [0.5, 0.6) is 0 Å². The normalized spacial score (nSPS) is 14.2. The predicted octanol–water partition coefficient (Wildman–Crippen LogP) is 5.22. The van der Waals surface area contributed by atoms with Gasteiger partial charge in [0, 0.05) is 43.0 Å². The number of hydrogen-bond donors (Lipinski definition) is 1. The Balaban J connectivity index is 1.35. The summed E-state index contributed by atoms with van der Waals surface area (Å²) in [6.07, 6.45) is 0. The summed E-state index contributed by atoms with van der Waals surface area (Å²) in [5.74, 6) is 0.0780. The average Bonchev–Trinajstić information content (AvgIpc) is 3.28.